The molecule has 0 unspecified atom stereocenters. The first-order valence-electron chi connectivity index (χ1n) is 9.87. The molecule has 0 saturated heterocycles. The quantitative estimate of drug-likeness (QED) is 0.446. The summed E-state index contributed by atoms with van der Waals surface area (Å²) in [6.07, 6.45) is -9.14. The van der Waals surface area contributed by atoms with Crippen LogP contribution in [-0.2, 0) is 19.1 Å². The van der Waals surface area contributed by atoms with E-state index in [0.717, 1.165) is 36.8 Å². The summed E-state index contributed by atoms with van der Waals surface area (Å²) in [6.45, 7) is 0. The number of nitrogens with one attached hydrogen (secondary N) is 1. The number of amides is 1. The van der Waals surface area contributed by atoms with E-state index < -0.39 is 46.8 Å². The monoisotopic (exact) mass is 527 g/mol. The maximum Gasteiger partial charge on any atom is 0.459 e. The molecule has 0 spiro atoms. The van der Waals surface area contributed by atoms with Crippen molar-refractivity contribution >= 4 is 17.5 Å². The molecular weight excluding hydrogens is 514 g/mol. The predicted molar refractivity (Wildman–Crippen MR) is 106 cm³/mol. The number of hydrogen-bond donors (Lipinski definition) is 1. The van der Waals surface area contributed by atoms with Gasteiger partial charge < -0.3 is 5.32 Å². The van der Waals surface area contributed by atoms with Gasteiger partial charge in [-0.2, -0.15) is 45.3 Å². The van der Waals surface area contributed by atoms with E-state index in [1.54, 1.807) is 0 Å². The second-order valence-electron chi connectivity index (χ2n) is 7.82. The summed E-state index contributed by atoms with van der Waals surface area (Å²) in [5.41, 5.74) is -6.15. The summed E-state index contributed by atoms with van der Waals surface area (Å²) in [5, 5.41) is 9.59. The topological polar surface area (TPSA) is 64.7 Å². The van der Waals surface area contributed by atoms with Crippen molar-refractivity contribution in [2.45, 2.75) is 37.2 Å². The van der Waals surface area contributed by atoms with Crippen LogP contribution in [0.5, 0.6) is 0 Å². The number of alkyl halides is 8. The van der Waals surface area contributed by atoms with E-state index in [4.69, 9.17) is 11.6 Å². The smallest absolute Gasteiger partial charge is 0.349 e. The molecule has 2 aromatic heterocycles. The second kappa shape index (κ2) is 8.21. The van der Waals surface area contributed by atoms with E-state index in [2.05, 4.69) is 15.5 Å². The molecule has 4 rings (SSSR count). The van der Waals surface area contributed by atoms with Crippen LogP contribution >= 0.6 is 11.6 Å². The van der Waals surface area contributed by atoms with Gasteiger partial charge >= 0.3 is 18.3 Å². The van der Waals surface area contributed by atoms with Crippen LogP contribution in [0.2, 0.25) is 5.02 Å². The Morgan fingerprint density at radius 2 is 1.71 bits per heavy atom. The van der Waals surface area contributed by atoms with E-state index in [-0.39, 0.29) is 27.0 Å². The average molecular weight is 528 g/mol. The summed E-state index contributed by atoms with van der Waals surface area (Å²) in [6, 6.07) is 5.07. The lowest BCUT2D eigenvalue weighted by Crippen LogP contribution is -2.36. The Balaban J connectivity index is 1.79. The van der Waals surface area contributed by atoms with Gasteiger partial charge in [0.05, 0.1) is 16.3 Å². The van der Waals surface area contributed by atoms with Crippen molar-refractivity contribution in [1.29, 1.82) is 0 Å². The van der Waals surface area contributed by atoms with Gasteiger partial charge in [0.25, 0.3) is 5.91 Å². The van der Waals surface area contributed by atoms with Crippen molar-refractivity contribution in [3.8, 4) is 17.1 Å². The van der Waals surface area contributed by atoms with Crippen LogP contribution in [0.1, 0.15) is 34.5 Å². The number of benzene rings is 1. The van der Waals surface area contributed by atoms with Crippen molar-refractivity contribution in [2.24, 2.45) is 7.05 Å². The van der Waals surface area contributed by atoms with Crippen molar-refractivity contribution in [3.05, 3.63) is 52.3 Å². The van der Waals surface area contributed by atoms with Crippen molar-refractivity contribution < 1.29 is 39.9 Å². The van der Waals surface area contributed by atoms with Crippen molar-refractivity contribution in [3.63, 3.8) is 0 Å². The molecule has 0 radical (unpaired) electrons. The highest BCUT2D eigenvalue weighted by molar-refractivity contribution is 6.33. The number of carbonyl (C=O) groups is 1. The predicted octanol–water partition coefficient (Wildman–Crippen LogP) is 5.49. The third-order valence-corrected chi connectivity index (χ3v) is 5.52. The van der Waals surface area contributed by atoms with Gasteiger partial charge in [-0.1, -0.05) is 11.6 Å². The number of rotatable bonds is 5. The molecule has 188 valence electrons. The lowest BCUT2D eigenvalue weighted by atomic mass is 10.1. The van der Waals surface area contributed by atoms with Crippen LogP contribution in [0.3, 0.4) is 0 Å². The van der Waals surface area contributed by atoms with Crippen LogP contribution in [0.4, 0.5) is 35.1 Å². The number of carbonyl (C=O) groups excluding carboxylic acids is 1. The summed E-state index contributed by atoms with van der Waals surface area (Å²) in [7, 11) is 0.794. The molecule has 15 heteroatoms. The lowest BCUT2D eigenvalue weighted by molar-refractivity contribution is -0.292. The Hall–Kier alpha value is -3.16. The van der Waals surface area contributed by atoms with Crippen LogP contribution in [-0.4, -0.2) is 37.7 Å². The zero-order valence-electron chi connectivity index (χ0n) is 17.5. The first-order valence-corrected chi connectivity index (χ1v) is 10.2. The van der Waals surface area contributed by atoms with E-state index in [1.807, 2.05) is 0 Å². The van der Waals surface area contributed by atoms with Crippen LogP contribution in [0, 0.1) is 0 Å². The first kappa shape index (κ1) is 24.9. The highest BCUT2D eigenvalue weighted by atomic mass is 35.5. The van der Waals surface area contributed by atoms with Gasteiger partial charge in [-0.05, 0) is 37.1 Å². The first-order chi connectivity index (χ1) is 16.1. The molecule has 6 nitrogen and oxygen atoms in total. The zero-order chi connectivity index (χ0) is 25.9. The fraction of sp³-hybridized carbons (Fsp3) is 0.350. The Bertz CT molecular complexity index is 1290. The van der Waals surface area contributed by atoms with Crippen LogP contribution < -0.4 is 5.32 Å². The minimum Gasteiger partial charge on any atom is -0.349 e. The molecule has 0 atom stereocenters. The minimum absolute atomic E-state index is 0.0215. The molecule has 2 heterocycles. The van der Waals surface area contributed by atoms with Gasteiger partial charge in [0.2, 0.25) is 0 Å². The van der Waals surface area contributed by atoms with E-state index in [9.17, 15) is 39.9 Å². The molecule has 35 heavy (non-hydrogen) atoms. The molecule has 1 saturated carbocycles. The minimum atomic E-state index is -6.31. The summed E-state index contributed by atoms with van der Waals surface area (Å²) in [4.78, 5) is 12.4. The van der Waals surface area contributed by atoms with Gasteiger partial charge in [0.1, 0.15) is 17.0 Å². The molecule has 0 aliphatic heterocycles. The number of halogens is 9. The van der Waals surface area contributed by atoms with Crippen LogP contribution in [0.15, 0.2) is 30.5 Å². The SMILES string of the molecule is Cn1nc(C(F)(F)C(F)(F)F)c(C(F)(F)F)c1-c1ccn(-c2ccc(Cl)c(C(=O)NC3CC3)c2)n1. The summed E-state index contributed by atoms with van der Waals surface area (Å²) < 4.78 is 109. The molecule has 1 fully saturated rings. The maximum absolute atomic E-state index is 13.9. The second-order valence-corrected chi connectivity index (χ2v) is 8.23. The Morgan fingerprint density at radius 3 is 2.29 bits per heavy atom. The van der Waals surface area contributed by atoms with Crippen molar-refractivity contribution in [2.75, 3.05) is 0 Å². The molecule has 1 amide bonds. The molecule has 1 aliphatic rings. The Morgan fingerprint density at radius 1 is 1.06 bits per heavy atom. The number of aromatic nitrogens is 4. The van der Waals surface area contributed by atoms with Crippen molar-refractivity contribution in [1.82, 2.24) is 24.9 Å². The summed E-state index contributed by atoms with van der Waals surface area (Å²) >= 11 is 6.07. The average Bonchev–Trinajstić information content (AvgIpc) is 3.27. The van der Waals surface area contributed by atoms with E-state index in [0.29, 0.717) is 0 Å². The molecular formula is C20H14ClF8N5O. The van der Waals surface area contributed by atoms with Gasteiger partial charge in [-0.15, -0.1) is 0 Å². The fourth-order valence-corrected chi connectivity index (χ4v) is 3.56. The molecule has 3 aromatic rings. The Kier molecular flexibility index (Phi) is 5.85. The zero-order valence-corrected chi connectivity index (χ0v) is 18.2. The van der Waals surface area contributed by atoms with Crippen LogP contribution in [0.25, 0.3) is 17.1 Å². The molecule has 1 N–H and O–H groups in total. The third kappa shape index (κ3) is 4.58. The highest BCUT2D eigenvalue weighted by Crippen LogP contribution is 2.50. The molecule has 0 bridgehead atoms. The Labute approximate surface area is 196 Å². The molecule has 1 aromatic carbocycles. The molecule has 1 aliphatic carbocycles. The third-order valence-electron chi connectivity index (χ3n) is 5.19. The van der Waals surface area contributed by atoms with Gasteiger partial charge in [0.15, 0.2) is 5.69 Å². The largest absolute Gasteiger partial charge is 0.459 e. The summed E-state index contributed by atoms with van der Waals surface area (Å²) in [5.74, 6) is -6.34. The fourth-order valence-electron chi connectivity index (χ4n) is 3.35. The number of hydrogen-bond acceptors (Lipinski definition) is 3. The van der Waals surface area contributed by atoms with E-state index >= 15 is 0 Å². The van der Waals surface area contributed by atoms with Gasteiger partial charge in [-0.25, -0.2) is 4.68 Å². The normalized spacial score (nSPS) is 14.9. The lowest BCUT2D eigenvalue weighted by Gasteiger charge is -2.19. The highest BCUT2D eigenvalue weighted by Gasteiger charge is 2.64. The standard InChI is InChI=1S/C20H14ClF8N5O/c1-33-15(14(19(24,25)26)16(32-33)18(22,23)20(27,28)29)13-6-7-34(31-13)10-4-5-12(21)11(8-10)17(35)30-9-2-3-9/h4-9H,2-3H2,1H3,(H,30,35). The van der Waals surface area contributed by atoms with E-state index in [1.165, 1.54) is 18.2 Å². The number of nitrogens with zero attached hydrogens (tertiary/aromatic N) is 4. The van der Waals surface area contributed by atoms with Gasteiger partial charge in [-0.3, -0.25) is 9.48 Å². The van der Waals surface area contributed by atoms with Gasteiger partial charge in [0, 0.05) is 19.3 Å². The number of aryl methyl sites for hydroxylation is 1. The maximum atomic E-state index is 13.9.